The van der Waals surface area contributed by atoms with Gasteiger partial charge in [0.15, 0.2) is 11.7 Å². The van der Waals surface area contributed by atoms with Gasteiger partial charge in [-0.15, -0.1) is 35.3 Å². The smallest absolute Gasteiger partial charge is 0.389 e. The van der Waals surface area contributed by atoms with Crippen molar-refractivity contribution in [2.45, 2.75) is 39.6 Å². The number of hydrogen-bond acceptors (Lipinski definition) is 5. The van der Waals surface area contributed by atoms with Crippen molar-refractivity contribution in [3.8, 4) is 0 Å². The number of halogens is 4. The molecule has 1 heterocycles. The largest absolute Gasteiger partial charge is 0.434 e. The number of thiazole rings is 1. The van der Waals surface area contributed by atoms with Gasteiger partial charge < -0.3 is 20.5 Å². The molecule has 0 bridgehead atoms. The van der Waals surface area contributed by atoms with E-state index in [1.54, 1.807) is 0 Å². The van der Waals surface area contributed by atoms with E-state index in [-0.39, 0.29) is 48.7 Å². The molecule has 0 fully saturated rings. The normalized spacial score (nSPS) is 13.5. The number of aliphatic hydroxyl groups excluding tert-OH is 1. The van der Waals surface area contributed by atoms with Crippen molar-refractivity contribution >= 4 is 41.3 Å². The molecule has 0 amide bonds. The number of aromatic nitrogens is 1. The molecule has 0 radical (unpaired) electrons. The Morgan fingerprint density at radius 2 is 2.04 bits per heavy atom. The summed E-state index contributed by atoms with van der Waals surface area (Å²) in [5.74, 6) is 0.785. The summed E-state index contributed by atoms with van der Waals surface area (Å²) >= 11 is 0.912. The van der Waals surface area contributed by atoms with Gasteiger partial charge in [-0.2, -0.15) is 13.2 Å². The number of nitrogens with one attached hydrogen (secondary N) is 2. The zero-order valence-electron chi connectivity index (χ0n) is 15.0. The zero-order chi connectivity index (χ0) is 18.9. The number of aliphatic imine (C=N–C) groups is 1. The molecule has 0 aliphatic rings. The Hall–Kier alpha value is -0.660. The number of hydrogen-bond donors (Lipinski definition) is 3. The Morgan fingerprint density at radius 3 is 2.58 bits per heavy atom. The van der Waals surface area contributed by atoms with Gasteiger partial charge in [0.05, 0.1) is 19.3 Å². The van der Waals surface area contributed by atoms with Crippen molar-refractivity contribution in [1.29, 1.82) is 0 Å². The molecule has 0 spiro atoms. The van der Waals surface area contributed by atoms with Gasteiger partial charge in [0.25, 0.3) is 0 Å². The van der Waals surface area contributed by atoms with E-state index in [0.29, 0.717) is 25.0 Å². The maximum Gasteiger partial charge on any atom is 0.434 e. The van der Waals surface area contributed by atoms with E-state index < -0.39 is 18.0 Å². The van der Waals surface area contributed by atoms with Gasteiger partial charge in [-0.05, 0) is 12.8 Å². The van der Waals surface area contributed by atoms with E-state index in [2.05, 4.69) is 20.6 Å². The lowest BCUT2D eigenvalue weighted by molar-refractivity contribution is -0.140. The second kappa shape index (κ2) is 12.7. The van der Waals surface area contributed by atoms with Gasteiger partial charge in [-0.25, -0.2) is 9.98 Å². The first kappa shape index (κ1) is 25.3. The van der Waals surface area contributed by atoms with Crippen molar-refractivity contribution in [3.63, 3.8) is 0 Å². The van der Waals surface area contributed by atoms with E-state index in [9.17, 15) is 18.3 Å². The molecule has 26 heavy (non-hydrogen) atoms. The van der Waals surface area contributed by atoms with Crippen LogP contribution in [0.4, 0.5) is 13.2 Å². The summed E-state index contributed by atoms with van der Waals surface area (Å²) in [6.07, 6.45) is -5.15. The first-order valence-electron chi connectivity index (χ1n) is 8.02. The van der Waals surface area contributed by atoms with Crippen LogP contribution in [-0.2, 0) is 17.5 Å². The Balaban J connectivity index is 0.00000625. The lowest BCUT2D eigenvalue weighted by Gasteiger charge is -2.16. The van der Waals surface area contributed by atoms with Gasteiger partial charge in [-0.3, -0.25) is 0 Å². The van der Waals surface area contributed by atoms with Gasteiger partial charge >= 0.3 is 6.18 Å². The number of alkyl halides is 3. The average Bonchev–Trinajstić information content (AvgIpc) is 2.99. The molecule has 1 atom stereocenters. The topological polar surface area (TPSA) is 78.8 Å². The van der Waals surface area contributed by atoms with Crippen LogP contribution in [0, 0.1) is 5.92 Å². The van der Waals surface area contributed by atoms with Crippen LogP contribution in [0.3, 0.4) is 0 Å². The van der Waals surface area contributed by atoms with Crippen molar-refractivity contribution in [2.24, 2.45) is 10.9 Å². The lowest BCUT2D eigenvalue weighted by Crippen LogP contribution is -2.42. The van der Waals surface area contributed by atoms with Crippen LogP contribution in [-0.4, -0.2) is 48.5 Å². The fourth-order valence-corrected chi connectivity index (χ4v) is 2.44. The van der Waals surface area contributed by atoms with Crippen LogP contribution < -0.4 is 10.6 Å². The van der Waals surface area contributed by atoms with E-state index in [0.717, 1.165) is 16.7 Å². The molecule has 6 nitrogen and oxygen atoms in total. The van der Waals surface area contributed by atoms with E-state index in [1.165, 1.54) is 0 Å². The molecule has 0 aliphatic carbocycles. The van der Waals surface area contributed by atoms with E-state index in [4.69, 9.17) is 4.74 Å². The monoisotopic (exact) mass is 510 g/mol. The molecule has 0 saturated heterocycles. The predicted octanol–water partition coefficient (Wildman–Crippen LogP) is 2.87. The number of ether oxygens (including phenoxy) is 1. The molecule has 152 valence electrons. The van der Waals surface area contributed by atoms with Crippen molar-refractivity contribution in [3.05, 3.63) is 16.1 Å². The molecule has 1 aromatic rings. The molecule has 0 saturated carbocycles. The molecule has 1 rings (SSSR count). The minimum atomic E-state index is -4.44. The third-order valence-corrected chi connectivity index (χ3v) is 3.66. The summed E-state index contributed by atoms with van der Waals surface area (Å²) in [5, 5.41) is 17.0. The molecule has 1 unspecified atom stereocenters. The van der Waals surface area contributed by atoms with E-state index >= 15 is 0 Å². The van der Waals surface area contributed by atoms with Gasteiger partial charge in [0.2, 0.25) is 0 Å². The Kier molecular flexibility index (Phi) is 12.4. The SMILES string of the molecule is CCNC(=NCc1nc(C(F)(F)F)cs1)NCC(O)COCC(C)C.I. The fourth-order valence-electron chi connectivity index (χ4n) is 1.72. The first-order chi connectivity index (χ1) is 11.7. The third kappa shape index (κ3) is 10.5. The molecule has 3 N–H and O–H groups in total. The van der Waals surface area contributed by atoms with Crippen LogP contribution in [0.1, 0.15) is 31.5 Å². The lowest BCUT2D eigenvalue weighted by atomic mass is 10.2. The summed E-state index contributed by atoms with van der Waals surface area (Å²) in [7, 11) is 0. The van der Waals surface area contributed by atoms with Crippen LogP contribution in [0.2, 0.25) is 0 Å². The summed E-state index contributed by atoms with van der Waals surface area (Å²) in [5.41, 5.74) is -0.904. The second-order valence-corrected chi connectivity index (χ2v) is 6.73. The quantitative estimate of drug-likeness (QED) is 0.271. The summed E-state index contributed by atoms with van der Waals surface area (Å²) in [6.45, 7) is 7.49. The summed E-state index contributed by atoms with van der Waals surface area (Å²) in [6, 6.07) is 0. The highest BCUT2D eigenvalue weighted by Gasteiger charge is 2.33. The highest BCUT2D eigenvalue weighted by Crippen LogP contribution is 2.30. The highest BCUT2D eigenvalue weighted by molar-refractivity contribution is 14.0. The maximum atomic E-state index is 12.5. The molecular weight excluding hydrogens is 484 g/mol. The number of nitrogens with zero attached hydrogens (tertiary/aromatic N) is 2. The molecule has 11 heteroatoms. The fraction of sp³-hybridized carbons (Fsp3) is 0.733. The van der Waals surface area contributed by atoms with Gasteiger partial charge in [0, 0.05) is 25.1 Å². The average molecular weight is 510 g/mol. The van der Waals surface area contributed by atoms with E-state index in [1.807, 2.05) is 20.8 Å². The number of rotatable bonds is 9. The predicted molar refractivity (Wildman–Crippen MR) is 107 cm³/mol. The highest BCUT2D eigenvalue weighted by atomic mass is 127. The standard InChI is InChI=1S/C15H25F3N4O2S.HI/c1-4-19-14(20-5-11(23)8-24-7-10(2)3)21-6-13-22-12(9-25-13)15(16,17)18;/h9-11,23H,4-8H2,1-3H3,(H2,19,20,21);1H. The summed E-state index contributed by atoms with van der Waals surface area (Å²) in [4.78, 5) is 7.71. The minimum Gasteiger partial charge on any atom is -0.389 e. The number of aliphatic hydroxyl groups is 1. The van der Waals surface area contributed by atoms with Crippen LogP contribution in [0.5, 0.6) is 0 Å². The Morgan fingerprint density at radius 1 is 1.35 bits per heavy atom. The molecule has 0 aliphatic heterocycles. The van der Waals surface area contributed by atoms with Crippen LogP contribution in [0.15, 0.2) is 10.4 Å². The summed E-state index contributed by atoms with van der Waals surface area (Å²) < 4.78 is 42.9. The second-order valence-electron chi connectivity index (χ2n) is 5.79. The molecule has 1 aromatic heterocycles. The molecule has 0 aromatic carbocycles. The Labute approximate surface area is 172 Å². The van der Waals surface area contributed by atoms with Crippen molar-refractivity contribution in [1.82, 2.24) is 15.6 Å². The third-order valence-electron chi connectivity index (χ3n) is 2.83. The van der Waals surface area contributed by atoms with Gasteiger partial charge in [-0.1, -0.05) is 13.8 Å². The first-order valence-corrected chi connectivity index (χ1v) is 8.89. The van der Waals surface area contributed by atoms with Crippen LogP contribution in [0.25, 0.3) is 0 Å². The van der Waals surface area contributed by atoms with Crippen LogP contribution >= 0.6 is 35.3 Å². The Bertz CT molecular complexity index is 541. The van der Waals surface area contributed by atoms with Crippen molar-refractivity contribution in [2.75, 3.05) is 26.3 Å². The molecular formula is C15H26F3IN4O2S. The number of guanidine groups is 1. The zero-order valence-corrected chi connectivity index (χ0v) is 18.1. The minimum absolute atomic E-state index is 0. The van der Waals surface area contributed by atoms with Gasteiger partial charge in [0.1, 0.15) is 5.01 Å². The maximum absolute atomic E-state index is 12.5. The van der Waals surface area contributed by atoms with Crippen molar-refractivity contribution < 1.29 is 23.0 Å².